The summed E-state index contributed by atoms with van der Waals surface area (Å²) in [6, 6.07) is 0. The van der Waals surface area contributed by atoms with Crippen molar-refractivity contribution in [1.29, 1.82) is 0 Å². The summed E-state index contributed by atoms with van der Waals surface area (Å²) in [4.78, 5) is 11.8. The highest BCUT2D eigenvalue weighted by Crippen LogP contribution is 2.25. The van der Waals surface area contributed by atoms with Gasteiger partial charge in [-0.25, -0.2) is 0 Å². The molecule has 0 radical (unpaired) electrons. The molecule has 1 saturated heterocycles. The van der Waals surface area contributed by atoms with Crippen molar-refractivity contribution >= 4 is 5.91 Å². The van der Waals surface area contributed by atoms with Crippen molar-refractivity contribution in [3.05, 3.63) is 0 Å². The van der Waals surface area contributed by atoms with E-state index in [1.165, 1.54) is 12.8 Å². The molecule has 1 atom stereocenters. The first kappa shape index (κ1) is 16.4. The van der Waals surface area contributed by atoms with E-state index in [0.29, 0.717) is 19.1 Å². The molecular formula is C15H30N2O2. The Morgan fingerprint density at radius 3 is 2.79 bits per heavy atom. The monoisotopic (exact) mass is 270 g/mol. The highest BCUT2D eigenvalue weighted by atomic mass is 16.5. The van der Waals surface area contributed by atoms with Gasteiger partial charge in [-0.05, 0) is 50.5 Å². The first-order chi connectivity index (χ1) is 9.03. The van der Waals surface area contributed by atoms with E-state index in [1.54, 1.807) is 0 Å². The number of hydrogen-bond acceptors (Lipinski definition) is 3. The normalized spacial score (nSPS) is 20.3. The summed E-state index contributed by atoms with van der Waals surface area (Å²) in [5.74, 6) is 0.154. The highest BCUT2D eigenvalue weighted by molar-refractivity contribution is 5.75. The number of carbonyl (C=O) groups is 1. The molecule has 0 aromatic carbocycles. The van der Waals surface area contributed by atoms with Gasteiger partial charge in [0.1, 0.15) is 0 Å². The molecule has 3 N–H and O–H groups in total. The van der Waals surface area contributed by atoms with Crippen molar-refractivity contribution in [1.82, 2.24) is 5.32 Å². The van der Waals surface area contributed by atoms with Gasteiger partial charge >= 0.3 is 0 Å². The lowest BCUT2D eigenvalue weighted by molar-refractivity contribution is -0.121. The van der Waals surface area contributed by atoms with Crippen LogP contribution in [0.5, 0.6) is 0 Å². The van der Waals surface area contributed by atoms with Gasteiger partial charge in [0.15, 0.2) is 0 Å². The molecule has 4 nitrogen and oxygen atoms in total. The molecule has 1 amide bonds. The minimum absolute atomic E-state index is 0.154. The summed E-state index contributed by atoms with van der Waals surface area (Å²) in [7, 11) is 0. The number of ether oxygens (including phenoxy) is 1. The Hall–Kier alpha value is -0.610. The van der Waals surface area contributed by atoms with Gasteiger partial charge in [-0.1, -0.05) is 13.8 Å². The van der Waals surface area contributed by atoms with Crippen LogP contribution >= 0.6 is 0 Å². The Morgan fingerprint density at radius 2 is 2.16 bits per heavy atom. The first-order valence-corrected chi connectivity index (χ1v) is 7.62. The Labute approximate surface area is 117 Å². The third-order valence-corrected chi connectivity index (χ3v) is 3.91. The number of rotatable bonds is 8. The number of hydrogen-bond donors (Lipinski definition) is 2. The maximum Gasteiger partial charge on any atom is 0.220 e. The molecule has 1 heterocycles. The summed E-state index contributed by atoms with van der Waals surface area (Å²) in [5.41, 5.74) is 5.73. The molecule has 1 fully saturated rings. The van der Waals surface area contributed by atoms with E-state index in [1.807, 2.05) is 0 Å². The Kier molecular flexibility index (Phi) is 7.39. The van der Waals surface area contributed by atoms with Crippen molar-refractivity contribution in [2.24, 2.45) is 11.1 Å². The van der Waals surface area contributed by atoms with Crippen molar-refractivity contribution in [3.8, 4) is 0 Å². The van der Waals surface area contributed by atoms with Crippen LogP contribution in [-0.2, 0) is 9.53 Å². The maximum absolute atomic E-state index is 11.8. The smallest absolute Gasteiger partial charge is 0.220 e. The predicted molar refractivity (Wildman–Crippen MR) is 77.9 cm³/mol. The fraction of sp³-hybridized carbons (Fsp3) is 0.933. The Morgan fingerprint density at radius 1 is 1.37 bits per heavy atom. The standard InChI is InChI=1S/C15H30N2O2/c1-15(2,9-10-16)8-6-14(18)17-11-7-13-5-3-4-12-19-13/h13H,3-12,16H2,1-2H3,(H,17,18). The molecule has 19 heavy (non-hydrogen) atoms. The van der Waals surface area contributed by atoms with Crippen LogP contribution in [0.1, 0.15) is 58.8 Å². The Bertz CT molecular complexity index is 261. The summed E-state index contributed by atoms with van der Waals surface area (Å²) < 4.78 is 5.64. The second-order valence-electron chi connectivity index (χ2n) is 6.33. The molecule has 0 saturated carbocycles. The predicted octanol–water partition coefficient (Wildman–Crippen LogP) is 2.22. The summed E-state index contributed by atoms with van der Waals surface area (Å²) in [6.07, 6.45) is 7.33. The largest absolute Gasteiger partial charge is 0.378 e. The van der Waals surface area contributed by atoms with Crippen LogP contribution in [0.15, 0.2) is 0 Å². The minimum Gasteiger partial charge on any atom is -0.378 e. The topological polar surface area (TPSA) is 64.4 Å². The number of amides is 1. The summed E-state index contributed by atoms with van der Waals surface area (Å²) >= 11 is 0. The van der Waals surface area contributed by atoms with Crippen LogP contribution in [0.4, 0.5) is 0 Å². The molecular weight excluding hydrogens is 240 g/mol. The van der Waals surface area contributed by atoms with Crippen LogP contribution in [-0.4, -0.2) is 31.7 Å². The van der Waals surface area contributed by atoms with Gasteiger partial charge in [0.05, 0.1) is 6.10 Å². The van der Waals surface area contributed by atoms with Gasteiger partial charge in [0.2, 0.25) is 5.91 Å². The average Bonchev–Trinajstić information content (AvgIpc) is 2.38. The van der Waals surface area contributed by atoms with Crippen LogP contribution < -0.4 is 11.1 Å². The van der Waals surface area contributed by atoms with Gasteiger partial charge in [-0.3, -0.25) is 4.79 Å². The van der Waals surface area contributed by atoms with Crippen molar-refractivity contribution in [2.45, 2.75) is 64.9 Å². The average molecular weight is 270 g/mol. The van der Waals surface area contributed by atoms with E-state index in [0.717, 1.165) is 38.8 Å². The van der Waals surface area contributed by atoms with Crippen molar-refractivity contribution in [3.63, 3.8) is 0 Å². The van der Waals surface area contributed by atoms with E-state index < -0.39 is 0 Å². The lowest BCUT2D eigenvalue weighted by atomic mass is 9.84. The van der Waals surface area contributed by atoms with Crippen LogP contribution in [0.2, 0.25) is 0 Å². The first-order valence-electron chi connectivity index (χ1n) is 7.62. The third-order valence-electron chi connectivity index (χ3n) is 3.91. The van der Waals surface area contributed by atoms with Crippen molar-refractivity contribution < 1.29 is 9.53 Å². The van der Waals surface area contributed by atoms with E-state index in [2.05, 4.69) is 19.2 Å². The third kappa shape index (κ3) is 7.53. The van der Waals surface area contributed by atoms with Gasteiger partial charge in [-0.15, -0.1) is 0 Å². The van der Waals surface area contributed by atoms with Crippen LogP contribution in [0, 0.1) is 5.41 Å². The summed E-state index contributed by atoms with van der Waals surface area (Å²) in [6.45, 7) is 6.65. The molecule has 0 bridgehead atoms. The molecule has 1 aliphatic rings. The van der Waals surface area contributed by atoms with Crippen molar-refractivity contribution in [2.75, 3.05) is 19.7 Å². The fourth-order valence-corrected chi connectivity index (χ4v) is 2.46. The SMILES string of the molecule is CC(C)(CCN)CCC(=O)NCCC1CCCCO1. The second kappa shape index (κ2) is 8.54. The molecule has 0 aromatic heterocycles. The zero-order chi connectivity index (χ0) is 14.1. The lowest BCUT2D eigenvalue weighted by Gasteiger charge is -2.24. The molecule has 0 spiro atoms. The molecule has 1 aliphatic heterocycles. The lowest BCUT2D eigenvalue weighted by Crippen LogP contribution is -2.30. The zero-order valence-electron chi connectivity index (χ0n) is 12.5. The summed E-state index contributed by atoms with van der Waals surface area (Å²) in [5, 5.41) is 2.99. The van der Waals surface area contributed by atoms with Gasteiger partial charge in [0, 0.05) is 19.6 Å². The molecule has 0 aliphatic carbocycles. The quantitative estimate of drug-likeness (QED) is 0.711. The van der Waals surface area contributed by atoms with Gasteiger partial charge in [-0.2, -0.15) is 0 Å². The van der Waals surface area contributed by atoms with E-state index in [-0.39, 0.29) is 11.3 Å². The zero-order valence-corrected chi connectivity index (χ0v) is 12.5. The maximum atomic E-state index is 11.8. The van der Waals surface area contributed by atoms with Gasteiger partial charge < -0.3 is 15.8 Å². The molecule has 4 heteroatoms. The number of nitrogens with one attached hydrogen (secondary N) is 1. The minimum atomic E-state index is 0.154. The molecule has 1 rings (SSSR count). The van der Waals surface area contributed by atoms with E-state index in [4.69, 9.17) is 10.5 Å². The van der Waals surface area contributed by atoms with Crippen LogP contribution in [0.25, 0.3) is 0 Å². The number of carbonyl (C=O) groups excluding carboxylic acids is 1. The van der Waals surface area contributed by atoms with E-state index >= 15 is 0 Å². The molecule has 1 unspecified atom stereocenters. The van der Waals surface area contributed by atoms with E-state index in [9.17, 15) is 4.79 Å². The second-order valence-corrected chi connectivity index (χ2v) is 6.33. The number of nitrogens with two attached hydrogens (primary N) is 1. The highest BCUT2D eigenvalue weighted by Gasteiger charge is 2.18. The fourth-order valence-electron chi connectivity index (χ4n) is 2.46. The Balaban J connectivity index is 2.07. The van der Waals surface area contributed by atoms with Crippen LogP contribution in [0.3, 0.4) is 0 Å². The van der Waals surface area contributed by atoms with Gasteiger partial charge in [0.25, 0.3) is 0 Å². The molecule has 0 aromatic rings. The molecule has 112 valence electrons.